The van der Waals surface area contributed by atoms with Crippen LogP contribution in [0.4, 0.5) is 11.9 Å². The maximum absolute atomic E-state index is 5.57. The number of likely N-dealkylation sites (tertiary alicyclic amines) is 1. The van der Waals surface area contributed by atoms with Crippen LogP contribution in [0, 0.1) is 5.92 Å². The van der Waals surface area contributed by atoms with E-state index in [2.05, 4.69) is 25.2 Å². The van der Waals surface area contributed by atoms with E-state index < -0.39 is 0 Å². The van der Waals surface area contributed by atoms with Gasteiger partial charge in [-0.25, -0.2) is 0 Å². The Morgan fingerprint density at radius 3 is 2.67 bits per heavy atom. The van der Waals surface area contributed by atoms with Gasteiger partial charge >= 0.3 is 0 Å². The number of aromatic nitrogens is 3. The van der Waals surface area contributed by atoms with Gasteiger partial charge in [-0.1, -0.05) is 0 Å². The molecule has 1 aromatic rings. The lowest BCUT2D eigenvalue weighted by molar-refractivity contribution is 0.163. The lowest BCUT2D eigenvalue weighted by atomic mass is 9.98. The summed E-state index contributed by atoms with van der Waals surface area (Å²) in [5, 5.41) is 3.23. The van der Waals surface area contributed by atoms with Crippen LogP contribution in [-0.2, 0) is 6.54 Å². The van der Waals surface area contributed by atoms with Gasteiger partial charge in [0.2, 0.25) is 11.9 Å². The van der Waals surface area contributed by atoms with Crippen molar-refractivity contribution in [1.29, 1.82) is 0 Å². The number of nitrogen functional groups attached to an aromatic ring is 2. The molecular formula is C11H21N7. The minimum atomic E-state index is 0.196. The van der Waals surface area contributed by atoms with Crippen molar-refractivity contribution in [3.05, 3.63) is 5.82 Å². The molecule has 1 aliphatic rings. The molecule has 1 atom stereocenters. The van der Waals surface area contributed by atoms with Crippen LogP contribution in [0.2, 0.25) is 0 Å². The Balaban J connectivity index is 1.95. The Bertz CT molecular complexity index is 373. The molecule has 0 amide bonds. The molecule has 2 rings (SSSR count). The topological polar surface area (TPSA) is 106 Å². The van der Waals surface area contributed by atoms with E-state index in [1.54, 1.807) is 0 Å². The highest BCUT2D eigenvalue weighted by Gasteiger charge is 2.20. The standard InChI is InChI=1S/C11H21N7/c1-14-5-8-3-2-4-18(6-8)7-9-15-10(12)17-11(13)16-9/h8,14H,2-7H2,1H3,(H4,12,13,15,16,17). The summed E-state index contributed by atoms with van der Waals surface area (Å²) in [6, 6.07) is 0. The van der Waals surface area contributed by atoms with Gasteiger partial charge in [0, 0.05) is 6.54 Å². The fourth-order valence-electron chi connectivity index (χ4n) is 2.48. The first-order valence-corrected chi connectivity index (χ1v) is 6.30. The van der Waals surface area contributed by atoms with Crippen LogP contribution < -0.4 is 16.8 Å². The summed E-state index contributed by atoms with van der Waals surface area (Å²) in [4.78, 5) is 14.4. The normalized spacial score (nSPS) is 21.1. The maximum atomic E-state index is 5.57. The maximum Gasteiger partial charge on any atom is 0.225 e. The molecule has 1 unspecified atom stereocenters. The molecule has 0 bridgehead atoms. The summed E-state index contributed by atoms with van der Waals surface area (Å²) >= 11 is 0. The van der Waals surface area contributed by atoms with Gasteiger partial charge in [-0.15, -0.1) is 0 Å². The number of piperidine rings is 1. The zero-order valence-corrected chi connectivity index (χ0v) is 10.8. The van der Waals surface area contributed by atoms with Gasteiger partial charge in [0.05, 0.1) is 6.54 Å². The summed E-state index contributed by atoms with van der Waals surface area (Å²) in [5.74, 6) is 1.74. The highest BCUT2D eigenvalue weighted by atomic mass is 15.2. The van der Waals surface area contributed by atoms with Crippen LogP contribution in [0.3, 0.4) is 0 Å². The molecule has 0 aromatic carbocycles. The van der Waals surface area contributed by atoms with E-state index >= 15 is 0 Å². The highest BCUT2D eigenvalue weighted by molar-refractivity contribution is 5.25. The summed E-state index contributed by atoms with van der Waals surface area (Å²) in [5.41, 5.74) is 11.1. The number of hydrogen-bond donors (Lipinski definition) is 3. The molecular weight excluding hydrogens is 230 g/mol. The molecule has 7 nitrogen and oxygen atoms in total. The number of nitrogens with two attached hydrogens (primary N) is 2. The van der Waals surface area contributed by atoms with Gasteiger partial charge in [0.25, 0.3) is 0 Å². The molecule has 0 radical (unpaired) electrons. The van der Waals surface area contributed by atoms with E-state index in [-0.39, 0.29) is 11.9 Å². The molecule has 18 heavy (non-hydrogen) atoms. The van der Waals surface area contributed by atoms with Crippen molar-refractivity contribution < 1.29 is 0 Å². The third kappa shape index (κ3) is 3.51. The molecule has 0 saturated carbocycles. The lowest BCUT2D eigenvalue weighted by Gasteiger charge is -2.32. The zero-order valence-electron chi connectivity index (χ0n) is 10.8. The molecule has 2 heterocycles. The average Bonchev–Trinajstić information content (AvgIpc) is 2.28. The van der Waals surface area contributed by atoms with Gasteiger partial charge in [-0.2, -0.15) is 15.0 Å². The number of nitrogens with zero attached hydrogens (tertiary/aromatic N) is 4. The summed E-state index contributed by atoms with van der Waals surface area (Å²) in [6.07, 6.45) is 2.49. The van der Waals surface area contributed by atoms with Gasteiger partial charge in [-0.05, 0) is 38.9 Å². The van der Waals surface area contributed by atoms with E-state index in [1.807, 2.05) is 7.05 Å². The molecule has 100 valence electrons. The van der Waals surface area contributed by atoms with Crippen molar-refractivity contribution in [3.63, 3.8) is 0 Å². The van der Waals surface area contributed by atoms with Crippen LogP contribution in [0.1, 0.15) is 18.7 Å². The molecule has 1 fully saturated rings. The molecule has 1 saturated heterocycles. The quantitative estimate of drug-likeness (QED) is 0.660. The van der Waals surface area contributed by atoms with Crippen LogP contribution in [0.15, 0.2) is 0 Å². The van der Waals surface area contributed by atoms with Crippen molar-refractivity contribution in [1.82, 2.24) is 25.2 Å². The molecule has 5 N–H and O–H groups in total. The van der Waals surface area contributed by atoms with Crippen LogP contribution in [0.25, 0.3) is 0 Å². The van der Waals surface area contributed by atoms with E-state index in [0.29, 0.717) is 18.3 Å². The van der Waals surface area contributed by atoms with Crippen molar-refractivity contribution in [2.75, 3.05) is 38.1 Å². The zero-order chi connectivity index (χ0) is 13.0. The first kappa shape index (κ1) is 13.0. The van der Waals surface area contributed by atoms with Crippen LogP contribution in [0.5, 0.6) is 0 Å². The van der Waals surface area contributed by atoms with Crippen molar-refractivity contribution in [2.45, 2.75) is 19.4 Å². The monoisotopic (exact) mass is 251 g/mol. The third-order valence-corrected chi connectivity index (χ3v) is 3.18. The Morgan fingerprint density at radius 2 is 2.00 bits per heavy atom. The fourth-order valence-corrected chi connectivity index (χ4v) is 2.48. The molecule has 0 aliphatic carbocycles. The first-order valence-electron chi connectivity index (χ1n) is 6.30. The minimum absolute atomic E-state index is 0.196. The second-order valence-electron chi connectivity index (χ2n) is 4.77. The number of hydrogen-bond acceptors (Lipinski definition) is 7. The fraction of sp³-hybridized carbons (Fsp3) is 0.727. The second kappa shape index (κ2) is 5.92. The Morgan fingerprint density at radius 1 is 1.28 bits per heavy atom. The van der Waals surface area contributed by atoms with Crippen molar-refractivity contribution in [2.24, 2.45) is 5.92 Å². The minimum Gasteiger partial charge on any atom is -0.368 e. The SMILES string of the molecule is CNCC1CCCN(Cc2nc(N)nc(N)n2)C1. The van der Waals surface area contributed by atoms with E-state index in [0.717, 1.165) is 19.6 Å². The van der Waals surface area contributed by atoms with Gasteiger partial charge < -0.3 is 16.8 Å². The van der Waals surface area contributed by atoms with E-state index in [1.165, 1.54) is 12.8 Å². The number of anilines is 2. The predicted octanol–water partition coefficient (Wildman–Crippen LogP) is -0.533. The van der Waals surface area contributed by atoms with Crippen LogP contribution >= 0.6 is 0 Å². The number of rotatable bonds is 4. The Hall–Kier alpha value is -1.47. The summed E-state index contributed by atoms with van der Waals surface area (Å²) in [7, 11) is 1.99. The first-order chi connectivity index (χ1) is 8.67. The van der Waals surface area contributed by atoms with Crippen LogP contribution in [-0.4, -0.2) is 46.5 Å². The van der Waals surface area contributed by atoms with Gasteiger partial charge in [-0.3, -0.25) is 4.90 Å². The van der Waals surface area contributed by atoms with Crippen molar-refractivity contribution in [3.8, 4) is 0 Å². The van der Waals surface area contributed by atoms with Gasteiger partial charge in [0.1, 0.15) is 5.82 Å². The molecule has 7 heteroatoms. The smallest absolute Gasteiger partial charge is 0.225 e. The predicted molar refractivity (Wildman–Crippen MR) is 70.6 cm³/mol. The molecule has 0 spiro atoms. The summed E-state index contributed by atoms with van der Waals surface area (Å²) < 4.78 is 0. The average molecular weight is 251 g/mol. The Labute approximate surface area is 107 Å². The van der Waals surface area contributed by atoms with Gasteiger partial charge in [0.15, 0.2) is 0 Å². The highest BCUT2D eigenvalue weighted by Crippen LogP contribution is 2.17. The largest absolute Gasteiger partial charge is 0.368 e. The van der Waals surface area contributed by atoms with E-state index in [9.17, 15) is 0 Å². The van der Waals surface area contributed by atoms with Crippen molar-refractivity contribution >= 4 is 11.9 Å². The second-order valence-corrected chi connectivity index (χ2v) is 4.77. The summed E-state index contributed by atoms with van der Waals surface area (Å²) in [6.45, 7) is 3.88. The Kier molecular flexibility index (Phi) is 4.27. The lowest BCUT2D eigenvalue weighted by Crippen LogP contribution is -2.39. The molecule has 1 aliphatic heterocycles. The number of nitrogens with one attached hydrogen (secondary N) is 1. The third-order valence-electron chi connectivity index (χ3n) is 3.18. The molecule has 1 aromatic heterocycles. The van der Waals surface area contributed by atoms with E-state index in [4.69, 9.17) is 11.5 Å².